The summed E-state index contributed by atoms with van der Waals surface area (Å²) in [6.45, 7) is 1.50. The molecule has 20 heavy (non-hydrogen) atoms. The number of carbonyl (C=O) groups excluding carboxylic acids is 2. The highest BCUT2D eigenvalue weighted by Gasteiger charge is 2.25. The van der Waals surface area contributed by atoms with Crippen LogP contribution in [-0.2, 0) is 9.59 Å². The maximum Gasteiger partial charge on any atom is 0.265 e. The number of nitrogens with zero attached hydrogens (tertiary/aromatic N) is 1. The summed E-state index contributed by atoms with van der Waals surface area (Å²) in [5.41, 5.74) is 6.08. The first kappa shape index (κ1) is 14.3. The normalized spacial score (nSPS) is 13.7. The Bertz CT molecular complexity index is 490. The third-order valence-corrected chi connectivity index (χ3v) is 3.07. The molecule has 3 N–H and O–H groups in total. The van der Waals surface area contributed by atoms with Crippen molar-refractivity contribution in [3.8, 4) is 5.75 Å². The van der Waals surface area contributed by atoms with E-state index >= 15 is 0 Å². The first-order valence-corrected chi connectivity index (χ1v) is 6.71. The van der Waals surface area contributed by atoms with Crippen molar-refractivity contribution >= 4 is 17.5 Å². The predicted octanol–water partition coefficient (Wildman–Crippen LogP) is 0.267. The summed E-state index contributed by atoms with van der Waals surface area (Å²) in [4.78, 5) is 25.1. The lowest BCUT2D eigenvalue weighted by Crippen LogP contribution is -2.41. The van der Waals surface area contributed by atoms with Gasteiger partial charge < -0.3 is 20.7 Å². The zero-order valence-electron chi connectivity index (χ0n) is 11.3. The molecule has 1 aliphatic rings. The van der Waals surface area contributed by atoms with Gasteiger partial charge in [0, 0.05) is 19.5 Å². The number of nitrogens with two attached hydrogens (primary N) is 1. The van der Waals surface area contributed by atoms with Crippen LogP contribution in [0, 0.1) is 0 Å². The number of fused-ring (bicyclic) bond motifs is 1. The van der Waals surface area contributed by atoms with Gasteiger partial charge in [-0.2, -0.15) is 0 Å². The summed E-state index contributed by atoms with van der Waals surface area (Å²) in [5.74, 6) is 0.476. The Hall–Kier alpha value is -2.08. The molecule has 0 unspecified atom stereocenters. The van der Waals surface area contributed by atoms with E-state index in [0.717, 1.165) is 12.1 Å². The minimum absolute atomic E-state index is 0.0196. The summed E-state index contributed by atoms with van der Waals surface area (Å²) in [7, 11) is 0. The molecule has 2 amide bonds. The van der Waals surface area contributed by atoms with Gasteiger partial charge in [-0.25, -0.2) is 0 Å². The molecular weight excluding hydrogens is 258 g/mol. The summed E-state index contributed by atoms with van der Waals surface area (Å²) in [6, 6.07) is 7.33. The highest BCUT2D eigenvalue weighted by atomic mass is 16.5. The Balaban J connectivity index is 1.92. The summed E-state index contributed by atoms with van der Waals surface area (Å²) < 4.78 is 5.35. The van der Waals surface area contributed by atoms with Crippen LogP contribution in [0.4, 0.5) is 5.69 Å². The molecule has 108 valence electrons. The highest BCUT2D eigenvalue weighted by molar-refractivity contribution is 5.98. The van der Waals surface area contributed by atoms with Crippen LogP contribution in [0.2, 0.25) is 0 Å². The van der Waals surface area contributed by atoms with Crippen molar-refractivity contribution in [3.63, 3.8) is 0 Å². The quantitative estimate of drug-likeness (QED) is 0.731. The van der Waals surface area contributed by atoms with Gasteiger partial charge >= 0.3 is 0 Å². The number of hydrogen-bond acceptors (Lipinski definition) is 4. The second-order valence-corrected chi connectivity index (χ2v) is 4.54. The Labute approximate surface area is 117 Å². The fourth-order valence-corrected chi connectivity index (χ4v) is 2.03. The number of anilines is 1. The molecule has 0 saturated carbocycles. The van der Waals surface area contributed by atoms with Crippen molar-refractivity contribution < 1.29 is 14.3 Å². The van der Waals surface area contributed by atoms with Crippen molar-refractivity contribution in [1.82, 2.24) is 5.32 Å². The molecule has 0 saturated heterocycles. The van der Waals surface area contributed by atoms with E-state index in [1.54, 1.807) is 4.90 Å². The van der Waals surface area contributed by atoms with E-state index in [4.69, 9.17) is 10.5 Å². The van der Waals surface area contributed by atoms with Crippen LogP contribution in [0.25, 0.3) is 0 Å². The number of benzene rings is 1. The lowest BCUT2D eigenvalue weighted by atomic mass is 10.2. The molecule has 6 nitrogen and oxygen atoms in total. The molecule has 0 spiro atoms. The van der Waals surface area contributed by atoms with E-state index in [0.29, 0.717) is 25.4 Å². The summed E-state index contributed by atoms with van der Waals surface area (Å²) >= 11 is 0. The van der Waals surface area contributed by atoms with Crippen LogP contribution in [0.3, 0.4) is 0 Å². The van der Waals surface area contributed by atoms with Gasteiger partial charge in [0.25, 0.3) is 5.91 Å². The van der Waals surface area contributed by atoms with Gasteiger partial charge in [-0.3, -0.25) is 9.59 Å². The summed E-state index contributed by atoms with van der Waals surface area (Å²) in [5, 5.41) is 2.77. The smallest absolute Gasteiger partial charge is 0.265 e. The molecule has 1 aliphatic heterocycles. The minimum atomic E-state index is -0.126. The van der Waals surface area contributed by atoms with Gasteiger partial charge in [0.05, 0.1) is 5.69 Å². The highest BCUT2D eigenvalue weighted by Crippen LogP contribution is 2.31. The number of para-hydroxylation sites is 2. The molecule has 0 radical (unpaired) electrons. The van der Waals surface area contributed by atoms with E-state index < -0.39 is 0 Å². The number of amides is 2. The number of rotatable bonds is 6. The molecule has 0 bridgehead atoms. The Morgan fingerprint density at radius 1 is 1.40 bits per heavy atom. The fraction of sp³-hybridized carbons (Fsp3) is 0.429. The van der Waals surface area contributed by atoms with Crippen molar-refractivity contribution in [3.05, 3.63) is 24.3 Å². The number of nitrogens with one attached hydrogen (secondary N) is 1. The Morgan fingerprint density at radius 3 is 3.00 bits per heavy atom. The van der Waals surface area contributed by atoms with E-state index in [2.05, 4.69) is 5.32 Å². The maximum atomic E-state index is 11.9. The van der Waals surface area contributed by atoms with Crippen LogP contribution in [0.1, 0.15) is 12.8 Å². The number of ether oxygens (including phenoxy) is 1. The largest absolute Gasteiger partial charge is 0.482 e. The van der Waals surface area contributed by atoms with Crippen LogP contribution in [0.5, 0.6) is 5.75 Å². The molecule has 0 atom stereocenters. The average molecular weight is 277 g/mol. The zero-order chi connectivity index (χ0) is 14.4. The van der Waals surface area contributed by atoms with Gasteiger partial charge in [-0.1, -0.05) is 12.1 Å². The molecule has 1 aromatic rings. The molecule has 0 fully saturated rings. The van der Waals surface area contributed by atoms with Gasteiger partial charge in [0.2, 0.25) is 5.91 Å². The molecule has 1 heterocycles. The van der Waals surface area contributed by atoms with Crippen LogP contribution in [0.15, 0.2) is 24.3 Å². The average Bonchev–Trinajstić information content (AvgIpc) is 2.46. The van der Waals surface area contributed by atoms with Crippen LogP contribution >= 0.6 is 0 Å². The third kappa shape index (κ3) is 3.48. The molecule has 0 aliphatic carbocycles. The summed E-state index contributed by atoms with van der Waals surface area (Å²) in [6.07, 6.45) is 1.02. The van der Waals surface area contributed by atoms with Gasteiger partial charge in [0.15, 0.2) is 6.61 Å². The molecule has 2 rings (SSSR count). The van der Waals surface area contributed by atoms with E-state index in [1.807, 2.05) is 24.3 Å². The zero-order valence-corrected chi connectivity index (χ0v) is 11.3. The van der Waals surface area contributed by atoms with Gasteiger partial charge in [0.1, 0.15) is 5.75 Å². The molecule has 6 heteroatoms. The standard InChI is InChI=1S/C14H19N3O3/c15-7-3-8-16-13(18)6-9-17-11-4-1-2-5-12(11)20-10-14(17)19/h1-2,4-5H,3,6-10,15H2,(H,16,18). The van der Waals surface area contributed by atoms with E-state index in [9.17, 15) is 9.59 Å². The topological polar surface area (TPSA) is 84.7 Å². The molecule has 1 aromatic carbocycles. The first-order chi connectivity index (χ1) is 9.72. The first-order valence-electron chi connectivity index (χ1n) is 6.71. The Morgan fingerprint density at radius 2 is 2.20 bits per heavy atom. The fourth-order valence-electron chi connectivity index (χ4n) is 2.03. The van der Waals surface area contributed by atoms with E-state index in [1.165, 1.54) is 0 Å². The van der Waals surface area contributed by atoms with Crippen LogP contribution in [-0.4, -0.2) is 38.1 Å². The van der Waals surface area contributed by atoms with Crippen molar-refractivity contribution in [1.29, 1.82) is 0 Å². The predicted molar refractivity (Wildman–Crippen MR) is 75.6 cm³/mol. The lowest BCUT2D eigenvalue weighted by Gasteiger charge is -2.29. The maximum absolute atomic E-state index is 11.9. The SMILES string of the molecule is NCCCNC(=O)CCN1C(=O)COc2ccccc21. The van der Waals surface area contributed by atoms with Gasteiger partial charge in [-0.15, -0.1) is 0 Å². The second kappa shape index (κ2) is 6.91. The second-order valence-electron chi connectivity index (χ2n) is 4.54. The Kier molecular flexibility index (Phi) is 4.95. The van der Waals surface area contributed by atoms with Crippen LogP contribution < -0.4 is 20.7 Å². The number of hydrogen-bond donors (Lipinski definition) is 2. The van der Waals surface area contributed by atoms with E-state index in [-0.39, 0.29) is 24.8 Å². The number of carbonyl (C=O) groups is 2. The minimum Gasteiger partial charge on any atom is -0.482 e. The van der Waals surface area contributed by atoms with Crippen molar-refractivity contribution in [2.24, 2.45) is 5.73 Å². The lowest BCUT2D eigenvalue weighted by molar-refractivity contribution is -0.122. The third-order valence-electron chi connectivity index (χ3n) is 3.07. The monoisotopic (exact) mass is 277 g/mol. The van der Waals surface area contributed by atoms with Crippen molar-refractivity contribution in [2.75, 3.05) is 31.1 Å². The molecule has 0 aromatic heterocycles. The molecular formula is C14H19N3O3. The van der Waals surface area contributed by atoms with Gasteiger partial charge in [-0.05, 0) is 25.1 Å². The van der Waals surface area contributed by atoms with Crippen molar-refractivity contribution in [2.45, 2.75) is 12.8 Å².